The van der Waals surface area contributed by atoms with E-state index in [1.54, 1.807) is 0 Å². The fourth-order valence-corrected chi connectivity index (χ4v) is 2.39. The van der Waals surface area contributed by atoms with Gasteiger partial charge in [-0.3, -0.25) is 5.32 Å². The summed E-state index contributed by atoms with van der Waals surface area (Å²) in [7, 11) is 0. The fraction of sp³-hybridized carbons (Fsp3) is 0.941. The summed E-state index contributed by atoms with van der Waals surface area (Å²) < 4.78 is 0. The van der Waals surface area contributed by atoms with Gasteiger partial charge < -0.3 is 4.90 Å². The lowest BCUT2D eigenvalue weighted by Crippen LogP contribution is -2.51. The molecule has 0 aromatic carbocycles. The molecule has 1 unspecified atom stereocenters. The zero-order chi connectivity index (χ0) is 15.2. The molecule has 1 aliphatic carbocycles. The lowest BCUT2D eigenvalue weighted by atomic mass is 10.0. The maximum absolute atomic E-state index is 9.53. The quantitative estimate of drug-likeness (QED) is 0.666. The number of hydrogen-bond donors (Lipinski definition) is 1. The summed E-state index contributed by atoms with van der Waals surface area (Å²) in [4.78, 5) is 2.48. The number of hydrogen-bond acceptors (Lipinski definition) is 3. The first-order chi connectivity index (χ1) is 9.34. The van der Waals surface area contributed by atoms with Crippen molar-refractivity contribution in [1.29, 1.82) is 5.26 Å². The Bertz CT molecular complexity index is 303. The van der Waals surface area contributed by atoms with Crippen molar-refractivity contribution in [3.8, 4) is 6.07 Å². The molecule has 0 aliphatic heterocycles. The van der Waals surface area contributed by atoms with E-state index in [0.717, 1.165) is 31.5 Å². The Kier molecular flexibility index (Phi) is 6.99. The smallest absolute Gasteiger partial charge is 0.116 e. The van der Waals surface area contributed by atoms with Gasteiger partial charge in [0.1, 0.15) is 5.54 Å². The van der Waals surface area contributed by atoms with Crippen molar-refractivity contribution in [3.63, 3.8) is 0 Å². The molecule has 1 atom stereocenters. The van der Waals surface area contributed by atoms with Crippen LogP contribution < -0.4 is 5.32 Å². The van der Waals surface area contributed by atoms with Gasteiger partial charge in [-0.2, -0.15) is 5.26 Å². The molecule has 0 amide bonds. The van der Waals surface area contributed by atoms with Crippen LogP contribution in [0.2, 0.25) is 0 Å². The average Bonchev–Trinajstić information content (AvgIpc) is 3.16. The first kappa shape index (κ1) is 17.5. The number of rotatable bonds is 10. The first-order valence-electron chi connectivity index (χ1n) is 8.26. The molecule has 0 radical (unpaired) electrons. The summed E-state index contributed by atoms with van der Waals surface area (Å²) in [6, 6.07) is 3.08. The molecule has 0 spiro atoms. The van der Waals surface area contributed by atoms with Gasteiger partial charge in [-0.1, -0.05) is 27.7 Å². The van der Waals surface area contributed by atoms with Crippen LogP contribution in [0.3, 0.4) is 0 Å². The van der Waals surface area contributed by atoms with Gasteiger partial charge in [-0.05, 0) is 57.5 Å². The van der Waals surface area contributed by atoms with E-state index in [1.165, 1.54) is 25.7 Å². The standard InChI is InChI=1S/C17H33N3/c1-14(2)8-10-20(11-9-15(3)4)13-17(5,12-18)19-16-6-7-16/h14-16,19H,6-11,13H2,1-5H3. The van der Waals surface area contributed by atoms with Crippen molar-refractivity contribution in [2.45, 2.75) is 71.9 Å². The second-order valence-electron chi connectivity index (χ2n) is 7.50. The molecule has 3 nitrogen and oxygen atoms in total. The second kappa shape index (κ2) is 8.00. The summed E-state index contributed by atoms with van der Waals surface area (Å²) in [5.74, 6) is 1.45. The zero-order valence-corrected chi connectivity index (χ0v) is 14.1. The van der Waals surface area contributed by atoms with Crippen LogP contribution in [0.25, 0.3) is 0 Å². The molecule has 1 fully saturated rings. The third-order valence-electron chi connectivity index (χ3n) is 3.93. The van der Waals surface area contributed by atoms with E-state index in [1.807, 2.05) is 0 Å². The van der Waals surface area contributed by atoms with Crippen molar-refractivity contribution < 1.29 is 0 Å². The van der Waals surface area contributed by atoms with Gasteiger partial charge >= 0.3 is 0 Å². The number of nitrogens with one attached hydrogen (secondary N) is 1. The topological polar surface area (TPSA) is 39.1 Å². The predicted molar refractivity (Wildman–Crippen MR) is 85.5 cm³/mol. The van der Waals surface area contributed by atoms with E-state index in [-0.39, 0.29) is 0 Å². The molecule has 3 heteroatoms. The van der Waals surface area contributed by atoms with Gasteiger partial charge in [0.15, 0.2) is 0 Å². The third kappa shape index (κ3) is 7.26. The van der Waals surface area contributed by atoms with Crippen molar-refractivity contribution in [2.24, 2.45) is 11.8 Å². The van der Waals surface area contributed by atoms with Crippen LogP contribution in [-0.4, -0.2) is 36.1 Å². The minimum Gasteiger partial charge on any atom is -0.300 e. The van der Waals surface area contributed by atoms with E-state index in [4.69, 9.17) is 0 Å². The second-order valence-corrected chi connectivity index (χ2v) is 7.50. The van der Waals surface area contributed by atoms with Crippen LogP contribution in [0.1, 0.15) is 60.3 Å². The number of nitriles is 1. The maximum Gasteiger partial charge on any atom is 0.116 e. The summed E-state index contributed by atoms with van der Waals surface area (Å²) in [6.07, 6.45) is 4.89. The van der Waals surface area contributed by atoms with Crippen molar-refractivity contribution in [2.75, 3.05) is 19.6 Å². The Hall–Kier alpha value is -0.590. The molecule has 1 saturated carbocycles. The first-order valence-corrected chi connectivity index (χ1v) is 8.26. The van der Waals surface area contributed by atoms with Gasteiger partial charge in [0.2, 0.25) is 0 Å². The predicted octanol–water partition coefficient (Wildman–Crippen LogP) is 3.41. The molecule has 0 aromatic rings. The normalized spacial score (nSPS) is 18.6. The highest BCUT2D eigenvalue weighted by atomic mass is 15.2. The van der Waals surface area contributed by atoms with Crippen molar-refractivity contribution >= 4 is 0 Å². The van der Waals surface area contributed by atoms with Crippen LogP contribution in [0.5, 0.6) is 0 Å². The Morgan fingerprint density at radius 3 is 2.00 bits per heavy atom. The Morgan fingerprint density at radius 1 is 1.15 bits per heavy atom. The van der Waals surface area contributed by atoms with E-state index in [9.17, 15) is 5.26 Å². The highest BCUT2D eigenvalue weighted by Gasteiger charge is 2.33. The summed E-state index contributed by atoms with van der Waals surface area (Å²) >= 11 is 0. The zero-order valence-electron chi connectivity index (χ0n) is 14.1. The minimum absolute atomic E-state index is 0.394. The van der Waals surface area contributed by atoms with Crippen molar-refractivity contribution in [3.05, 3.63) is 0 Å². The molecule has 0 aromatic heterocycles. The minimum atomic E-state index is -0.394. The largest absolute Gasteiger partial charge is 0.300 e. The van der Waals surface area contributed by atoms with E-state index in [0.29, 0.717) is 6.04 Å². The van der Waals surface area contributed by atoms with Gasteiger partial charge in [0.25, 0.3) is 0 Å². The highest BCUT2D eigenvalue weighted by Crippen LogP contribution is 2.23. The van der Waals surface area contributed by atoms with Crippen LogP contribution in [0.4, 0.5) is 0 Å². The Balaban J connectivity index is 2.52. The van der Waals surface area contributed by atoms with Gasteiger partial charge in [0, 0.05) is 12.6 Å². The lowest BCUT2D eigenvalue weighted by molar-refractivity contribution is 0.199. The third-order valence-corrected chi connectivity index (χ3v) is 3.93. The molecule has 0 bridgehead atoms. The Labute approximate surface area is 125 Å². The summed E-state index contributed by atoms with van der Waals surface area (Å²) in [6.45, 7) is 14.2. The maximum atomic E-state index is 9.53. The average molecular weight is 279 g/mol. The molecule has 0 heterocycles. The van der Waals surface area contributed by atoms with Gasteiger partial charge in [0.05, 0.1) is 6.07 Å². The van der Waals surface area contributed by atoms with E-state index < -0.39 is 5.54 Å². The molecule has 1 rings (SSSR count). The van der Waals surface area contributed by atoms with Gasteiger partial charge in [-0.25, -0.2) is 0 Å². The van der Waals surface area contributed by atoms with Gasteiger partial charge in [-0.15, -0.1) is 0 Å². The van der Waals surface area contributed by atoms with E-state index in [2.05, 4.69) is 50.9 Å². The lowest BCUT2D eigenvalue weighted by Gasteiger charge is -2.32. The van der Waals surface area contributed by atoms with Crippen LogP contribution in [0, 0.1) is 23.2 Å². The Morgan fingerprint density at radius 2 is 1.65 bits per heavy atom. The highest BCUT2D eigenvalue weighted by molar-refractivity contribution is 5.08. The molecule has 1 aliphatic rings. The molecule has 1 N–H and O–H groups in total. The SMILES string of the molecule is CC(C)CCN(CCC(C)C)CC(C)(C#N)NC1CC1. The van der Waals surface area contributed by atoms with Crippen molar-refractivity contribution in [1.82, 2.24) is 10.2 Å². The fourth-order valence-electron chi connectivity index (χ4n) is 2.39. The summed E-state index contributed by atoms with van der Waals surface area (Å²) in [5.41, 5.74) is -0.394. The molecular formula is C17H33N3. The van der Waals surface area contributed by atoms with E-state index >= 15 is 0 Å². The van der Waals surface area contributed by atoms with Crippen LogP contribution in [0.15, 0.2) is 0 Å². The van der Waals surface area contributed by atoms with Crippen LogP contribution >= 0.6 is 0 Å². The monoisotopic (exact) mass is 279 g/mol. The van der Waals surface area contributed by atoms with Crippen LogP contribution in [-0.2, 0) is 0 Å². The molecule has 20 heavy (non-hydrogen) atoms. The molecular weight excluding hydrogens is 246 g/mol. The molecule has 0 saturated heterocycles. The molecule has 116 valence electrons. The summed E-state index contributed by atoms with van der Waals surface area (Å²) in [5, 5.41) is 13.0. The number of nitrogens with zero attached hydrogens (tertiary/aromatic N) is 2.